The van der Waals surface area contributed by atoms with Crippen LogP contribution in [0.3, 0.4) is 0 Å². The lowest BCUT2D eigenvalue weighted by molar-refractivity contribution is 0.0887. The highest BCUT2D eigenvalue weighted by Gasteiger charge is 2.28. The van der Waals surface area contributed by atoms with Gasteiger partial charge >= 0.3 is 0 Å². The first kappa shape index (κ1) is 19.7. The van der Waals surface area contributed by atoms with Gasteiger partial charge in [-0.1, -0.05) is 17.7 Å². The van der Waals surface area contributed by atoms with Crippen LogP contribution in [-0.2, 0) is 6.54 Å². The molecule has 2 aliphatic heterocycles. The smallest absolute Gasteiger partial charge is 0.0534 e. The molecule has 28 heavy (non-hydrogen) atoms. The molecule has 2 aliphatic rings. The summed E-state index contributed by atoms with van der Waals surface area (Å²) in [7, 11) is 0. The minimum atomic E-state index is 0.429. The summed E-state index contributed by atoms with van der Waals surface area (Å²) in [6, 6.07) is 9.35. The van der Waals surface area contributed by atoms with E-state index in [1.165, 1.54) is 37.2 Å². The first-order valence-corrected chi connectivity index (χ1v) is 11.0. The normalized spacial score (nSPS) is 22.1. The number of piperazine rings is 1. The third kappa shape index (κ3) is 4.70. The van der Waals surface area contributed by atoms with Gasteiger partial charge in [0.15, 0.2) is 0 Å². The van der Waals surface area contributed by atoms with Gasteiger partial charge in [-0.3, -0.25) is 14.5 Å². The van der Waals surface area contributed by atoms with Crippen molar-refractivity contribution in [3.8, 4) is 0 Å². The molecule has 152 valence electrons. The fraction of sp³-hybridized carbons (Fsp3) is 0.591. The molecule has 5 nitrogen and oxygen atoms in total. The molecule has 3 heterocycles. The van der Waals surface area contributed by atoms with Crippen molar-refractivity contribution in [3.05, 3.63) is 47.2 Å². The summed E-state index contributed by atoms with van der Waals surface area (Å²) in [4.78, 5) is 7.77. The Bertz CT molecular complexity index is 766. The van der Waals surface area contributed by atoms with Gasteiger partial charge in [0.2, 0.25) is 0 Å². The number of hydrogen-bond acceptors (Lipinski definition) is 4. The van der Waals surface area contributed by atoms with E-state index in [0.29, 0.717) is 12.1 Å². The van der Waals surface area contributed by atoms with Crippen molar-refractivity contribution in [1.29, 1.82) is 0 Å². The van der Waals surface area contributed by atoms with Gasteiger partial charge in [0.1, 0.15) is 0 Å². The third-order valence-electron chi connectivity index (χ3n) is 6.07. The van der Waals surface area contributed by atoms with Crippen LogP contribution in [0.4, 0.5) is 5.69 Å². The van der Waals surface area contributed by atoms with E-state index >= 15 is 0 Å². The number of halogens is 1. The highest BCUT2D eigenvalue weighted by Crippen LogP contribution is 2.24. The topological polar surface area (TPSA) is 27.5 Å². The molecule has 6 heteroatoms. The fourth-order valence-corrected chi connectivity index (χ4v) is 4.68. The Labute approximate surface area is 173 Å². The van der Waals surface area contributed by atoms with Crippen molar-refractivity contribution in [2.75, 3.05) is 44.2 Å². The van der Waals surface area contributed by atoms with Crippen LogP contribution in [0.5, 0.6) is 0 Å². The molecule has 0 N–H and O–H groups in total. The third-order valence-corrected chi connectivity index (χ3v) is 6.31. The van der Waals surface area contributed by atoms with E-state index in [2.05, 4.69) is 56.7 Å². The van der Waals surface area contributed by atoms with Crippen LogP contribution in [0.25, 0.3) is 0 Å². The zero-order chi connectivity index (χ0) is 19.5. The molecule has 1 aromatic carbocycles. The molecule has 0 unspecified atom stereocenters. The summed E-state index contributed by atoms with van der Waals surface area (Å²) in [5.41, 5.74) is 2.58. The second-order valence-corrected chi connectivity index (χ2v) is 8.89. The Kier molecular flexibility index (Phi) is 6.24. The second kappa shape index (κ2) is 8.85. The summed E-state index contributed by atoms with van der Waals surface area (Å²) in [5.74, 6) is 0. The molecule has 0 saturated carbocycles. The maximum Gasteiger partial charge on any atom is 0.0534 e. The number of aromatic nitrogens is 2. The van der Waals surface area contributed by atoms with Gasteiger partial charge in [-0.15, -0.1) is 0 Å². The molecule has 0 aliphatic carbocycles. The van der Waals surface area contributed by atoms with Crippen LogP contribution in [0.1, 0.15) is 38.3 Å². The first-order chi connectivity index (χ1) is 13.6. The van der Waals surface area contributed by atoms with Gasteiger partial charge in [0, 0.05) is 73.8 Å². The van der Waals surface area contributed by atoms with E-state index in [1.54, 1.807) is 0 Å². The minimum Gasteiger partial charge on any atom is -0.369 e. The molecule has 0 spiro atoms. The lowest BCUT2D eigenvalue weighted by Gasteiger charge is -2.44. The lowest BCUT2D eigenvalue weighted by atomic mass is 10.0. The number of nitrogens with zero attached hydrogens (tertiary/aromatic N) is 5. The predicted octanol–water partition coefficient (Wildman–Crippen LogP) is 3.90. The maximum absolute atomic E-state index is 6.17. The second-order valence-electron chi connectivity index (χ2n) is 8.46. The number of rotatable bonds is 5. The number of likely N-dealkylation sites (tertiary alicyclic amines) is 1. The number of benzene rings is 1. The number of anilines is 1. The average Bonchev–Trinajstić information content (AvgIpc) is 3.17. The van der Waals surface area contributed by atoms with Gasteiger partial charge < -0.3 is 4.90 Å². The van der Waals surface area contributed by atoms with Crippen LogP contribution in [-0.4, -0.2) is 64.9 Å². The highest BCUT2D eigenvalue weighted by atomic mass is 35.5. The van der Waals surface area contributed by atoms with Crippen molar-refractivity contribution < 1.29 is 0 Å². The van der Waals surface area contributed by atoms with Crippen molar-refractivity contribution in [1.82, 2.24) is 19.6 Å². The first-order valence-electron chi connectivity index (χ1n) is 10.6. The average molecular weight is 402 g/mol. The molecule has 2 fully saturated rings. The molecule has 0 bridgehead atoms. The Hall–Kier alpha value is -1.56. The van der Waals surface area contributed by atoms with Gasteiger partial charge in [-0.2, -0.15) is 5.10 Å². The molecule has 0 radical (unpaired) electrons. The van der Waals surface area contributed by atoms with Gasteiger partial charge in [0.25, 0.3) is 0 Å². The zero-order valence-electron chi connectivity index (χ0n) is 17.1. The summed E-state index contributed by atoms with van der Waals surface area (Å²) >= 11 is 6.17. The lowest BCUT2D eigenvalue weighted by Crippen LogP contribution is -2.55. The van der Waals surface area contributed by atoms with Crippen LogP contribution < -0.4 is 4.90 Å². The Balaban J connectivity index is 1.30. The monoisotopic (exact) mass is 401 g/mol. The van der Waals surface area contributed by atoms with Crippen LogP contribution >= 0.6 is 11.6 Å². The Morgan fingerprint density at radius 1 is 1.14 bits per heavy atom. The fourth-order valence-electron chi connectivity index (χ4n) is 4.49. The Morgan fingerprint density at radius 2 is 1.96 bits per heavy atom. The molecule has 2 saturated heterocycles. The van der Waals surface area contributed by atoms with Gasteiger partial charge in [-0.25, -0.2) is 0 Å². The van der Waals surface area contributed by atoms with E-state index in [9.17, 15) is 0 Å². The number of hydrogen-bond donors (Lipinski definition) is 0. The summed E-state index contributed by atoms with van der Waals surface area (Å²) in [6.07, 6.45) is 6.85. The van der Waals surface area contributed by atoms with E-state index < -0.39 is 0 Å². The SMILES string of the molecule is CC(C)n1cc(CN2CCC[C@@H](N3CCN(c4cccc(Cl)c4)CC3)C2)cn1. The van der Waals surface area contributed by atoms with E-state index in [4.69, 9.17) is 11.6 Å². The molecule has 1 aromatic heterocycles. The van der Waals surface area contributed by atoms with Gasteiger partial charge in [0.05, 0.1) is 6.20 Å². The largest absolute Gasteiger partial charge is 0.369 e. The van der Waals surface area contributed by atoms with E-state index in [0.717, 1.165) is 37.7 Å². The molecule has 2 aromatic rings. The van der Waals surface area contributed by atoms with Crippen LogP contribution in [0.15, 0.2) is 36.7 Å². The Morgan fingerprint density at radius 3 is 2.68 bits per heavy atom. The van der Waals surface area contributed by atoms with Crippen LogP contribution in [0.2, 0.25) is 5.02 Å². The molecular formula is C22H32ClN5. The quantitative estimate of drug-likeness (QED) is 0.759. The molecule has 0 amide bonds. The molecule has 4 rings (SSSR count). The van der Waals surface area contributed by atoms with Crippen molar-refractivity contribution >= 4 is 17.3 Å². The number of piperidine rings is 1. The minimum absolute atomic E-state index is 0.429. The zero-order valence-corrected chi connectivity index (χ0v) is 17.9. The van der Waals surface area contributed by atoms with Crippen LogP contribution in [0, 0.1) is 0 Å². The van der Waals surface area contributed by atoms with E-state index in [-0.39, 0.29) is 0 Å². The maximum atomic E-state index is 6.17. The summed E-state index contributed by atoms with van der Waals surface area (Å²) in [5, 5.41) is 5.32. The standard InChI is InChI=1S/C22H32ClN5/c1-18(2)28-16-19(14-24-28)15-25-8-4-7-22(17-25)27-11-9-26(10-12-27)21-6-3-5-20(23)13-21/h3,5-6,13-14,16,18,22H,4,7-12,15,17H2,1-2H3/t22-/m1/s1. The highest BCUT2D eigenvalue weighted by molar-refractivity contribution is 6.30. The molecule has 1 atom stereocenters. The summed E-state index contributed by atoms with van der Waals surface area (Å²) in [6.45, 7) is 12.2. The molecular weight excluding hydrogens is 370 g/mol. The van der Waals surface area contributed by atoms with Crippen molar-refractivity contribution in [2.45, 2.75) is 45.3 Å². The van der Waals surface area contributed by atoms with Gasteiger partial charge in [-0.05, 0) is 51.4 Å². The summed E-state index contributed by atoms with van der Waals surface area (Å²) < 4.78 is 2.06. The van der Waals surface area contributed by atoms with E-state index in [1.807, 2.05) is 18.3 Å². The van der Waals surface area contributed by atoms with Crippen molar-refractivity contribution in [2.24, 2.45) is 0 Å². The predicted molar refractivity (Wildman–Crippen MR) is 116 cm³/mol. The van der Waals surface area contributed by atoms with Crippen molar-refractivity contribution in [3.63, 3.8) is 0 Å².